The van der Waals surface area contributed by atoms with Crippen LogP contribution in [0.4, 0.5) is 0 Å². The number of benzene rings is 3. The fourth-order valence-electron chi connectivity index (χ4n) is 6.30. The monoisotopic (exact) mass is 588 g/mol. The summed E-state index contributed by atoms with van der Waals surface area (Å²) < 4.78 is 0. The molecule has 0 bridgehead atoms. The SMILES string of the molecule is CC1=[C-]C(C)([Si](c2ccccc2)(c2c(C)cccc2C)c2c(C)cccc2C)C(C)=C1C.[Cl-].[Cl-].[Cl-].[Ti+4]. The van der Waals surface area contributed by atoms with E-state index in [-0.39, 0.29) is 64.0 Å². The summed E-state index contributed by atoms with van der Waals surface area (Å²) in [4.78, 5) is 0. The Hall–Kier alpha value is -1.06. The van der Waals surface area contributed by atoms with Gasteiger partial charge in [0.05, 0.1) is 0 Å². The molecule has 0 heterocycles. The number of rotatable bonds is 4. The second-order valence-corrected chi connectivity index (χ2v) is 13.9. The standard InChI is InChI=1S/C31H35Si.3ClH.Ti/c1-21-14-12-15-22(2)29(21)32(28-18-10-9-11-19-28,30-23(3)16-13-17-24(30)4)31(8)20-25(5)26(6)27(31)7;;;;/h9-19H,1-8H3;3*1H;/q-1;;;;+4/p-3. The third kappa shape index (κ3) is 5.13. The van der Waals surface area contributed by atoms with Crippen LogP contribution in [-0.2, 0) is 21.7 Å². The van der Waals surface area contributed by atoms with Gasteiger partial charge in [-0.05, 0) is 43.3 Å². The van der Waals surface area contributed by atoms with Gasteiger partial charge in [-0.25, -0.2) is 5.57 Å². The number of allylic oxidation sites excluding steroid dienone is 4. The van der Waals surface area contributed by atoms with Crippen LogP contribution in [0.25, 0.3) is 0 Å². The van der Waals surface area contributed by atoms with Crippen molar-refractivity contribution in [1.82, 2.24) is 0 Å². The zero-order valence-corrected chi connectivity index (χ0v) is 27.3. The molecule has 0 fully saturated rings. The largest absolute Gasteiger partial charge is 4.00 e. The first-order valence-electron chi connectivity index (χ1n) is 11.6. The first-order valence-corrected chi connectivity index (χ1v) is 13.6. The van der Waals surface area contributed by atoms with E-state index in [1.807, 2.05) is 0 Å². The van der Waals surface area contributed by atoms with Crippen molar-refractivity contribution in [3.63, 3.8) is 0 Å². The van der Waals surface area contributed by atoms with Crippen molar-refractivity contribution < 1.29 is 58.9 Å². The van der Waals surface area contributed by atoms with E-state index in [0.717, 1.165) is 0 Å². The molecule has 1 aliphatic rings. The molecule has 0 spiro atoms. The third-order valence-corrected chi connectivity index (χ3v) is 14.3. The van der Waals surface area contributed by atoms with Gasteiger partial charge in [0.15, 0.2) is 0 Å². The van der Waals surface area contributed by atoms with Crippen molar-refractivity contribution in [2.45, 2.75) is 60.4 Å². The number of halogens is 3. The van der Waals surface area contributed by atoms with Crippen molar-refractivity contribution in [3.05, 3.63) is 112 Å². The van der Waals surface area contributed by atoms with Gasteiger partial charge in [0, 0.05) is 0 Å². The van der Waals surface area contributed by atoms with Gasteiger partial charge >= 0.3 is 21.7 Å². The molecule has 36 heavy (non-hydrogen) atoms. The molecule has 1 aliphatic carbocycles. The van der Waals surface area contributed by atoms with Crippen molar-refractivity contribution in [1.29, 1.82) is 0 Å². The second kappa shape index (κ2) is 13.1. The number of hydrogen-bond donors (Lipinski definition) is 0. The molecule has 1 unspecified atom stereocenters. The van der Waals surface area contributed by atoms with E-state index in [2.05, 4.69) is 128 Å². The van der Waals surface area contributed by atoms with Gasteiger partial charge in [-0.15, -0.1) is 6.92 Å². The van der Waals surface area contributed by atoms with E-state index in [9.17, 15) is 0 Å². The zero-order chi connectivity index (χ0) is 23.3. The van der Waals surface area contributed by atoms with Crippen molar-refractivity contribution in [2.75, 3.05) is 0 Å². The van der Waals surface area contributed by atoms with Crippen LogP contribution >= 0.6 is 0 Å². The smallest absolute Gasteiger partial charge is 1.00 e. The molecule has 4 rings (SSSR count). The Labute approximate surface area is 253 Å². The fraction of sp³-hybridized carbons (Fsp3) is 0.290. The predicted molar refractivity (Wildman–Crippen MR) is 142 cm³/mol. The summed E-state index contributed by atoms with van der Waals surface area (Å²) in [5, 5.41) is 4.36. The summed E-state index contributed by atoms with van der Waals surface area (Å²) in [7, 11) is -2.63. The van der Waals surface area contributed by atoms with Crippen LogP contribution in [0.3, 0.4) is 0 Å². The minimum atomic E-state index is -2.63. The normalized spacial score (nSPS) is 16.7. The van der Waals surface area contributed by atoms with Crippen LogP contribution < -0.4 is 52.8 Å². The van der Waals surface area contributed by atoms with Gasteiger partial charge < -0.3 is 37.2 Å². The average Bonchev–Trinajstić information content (AvgIpc) is 2.96. The van der Waals surface area contributed by atoms with Crippen LogP contribution in [0.2, 0.25) is 5.04 Å². The van der Waals surface area contributed by atoms with Crippen LogP contribution in [0, 0.1) is 33.8 Å². The molecule has 5 heteroatoms. The molecule has 1 atom stereocenters. The van der Waals surface area contributed by atoms with E-state index in [4.69, 9.17) is 0 Å². The Morgan fingerprint density at radius 1 is 0.583 bits per heavy atom. The maximum atomic E-state index is 4.08. The maximum absolute atomic E-state index is 4.08. The summed E-state index contributed by atoms with van der Waals surface area (Å²) in [6.07, 6.45) is 4.08. The van der Waals surface area contributed by atoms with Gasteiger partial charge in [0.2, 0.25) is 0 Å². The molecule has 3 aromatic carbocycles. The quantitative estimate of drug-likeness (QED) is 0.176. The Bertz CT molecular complexity index is 1170. The summed E-state index contributed by atoms with van der Waals surface area (Å²) in [5.41, 5.74) is 9.73. The summed E-state index contributed by atoms with van der Waals surface area (Å²) in [6, 6.07) is 25.0. The van der Waals surface area contributed by atoms with E-state index in [1.165, 1.54) is 44.2 Å². The van der Waals surface area contributed by atoms with E-state index in [1.54, 1.807) is 10.4 Å². The minimum absolute atomic E-state index is 0. The molecule has 0 radical (unpaired) electrons. The number of hydrogen-bond acceptors (Lipinski definition) is 0. The Morgan fingerprint density at radius 2 is 0.972 bits per heavy atom. The summed E-state index contributed by atoms with van der Waals surface area (Å²) in [6.45, 7) is 18.6. The predicted octanol–water partition coefficient (Wildman–Crippen LogP) is -2.74. The minimum Gasteiger partial charge on any atom is -1.00 e. The molecule has 0 amide bonds. The van der Waals surface area contributed by atoms with Crippen molar-refractivity contribution in [2.24, 2.45) is 0 Å². The molecule has 0 aliphatic heterocycles. The molecular formula is C31H35Cl3SiTi. The fourth-order valence-corrected chi connectivity index (χ4v) is 13.2. The van der Waals surface area contributed by atoms with Crippen LogP contribution in [0.15, 0.2) is 83.4 Å². The maximum Gasteiger partial charge on any atom is 4.00 e. The van der Waals surface area contributed by atoms with Gasteiger partial charge in [-0.1, -0.05) is 115 Å². The Morgan fingerprint density at radius 3 is 1.31 bits per heavy atom. The molecule has 3 aromatic rings. The Balaban J connectivity index is 0.00000306. The van der Waals surface area contributed by atoms with Gasteiger partial charge in [0.1, 0.15) is 8.07 Å². The van der Waals surface area contributed by atoms with E-state index in [0.29, 0.717) is 0 Å². The van der Waals surface area contributed by atoms with Crippen LogP contribution in [0.1, 0.15) is 49.9 Å². The van der Waals surface area contributed by atoms with E-state index >= 15 is 0 Å². The zero-order valence-electron chi connectivity index (χ0n) is 22.5. The number of aryl methyl sites for hydroxylation is 4. The van der Waals surface area contributed by atoms with Gasteiger partial charge in [-0.3, -0.25) is 6.08 Å². The molecule has 0 nitrogen and oxygen atoms in total. The molecule has 188 valence electrons. The third-order valence-electron chi connectivity index (χ3n) is 7.98. The molecular weight excluding hydrogens is 555 g/mol. The average molecular weight is 590 g/mol. The van der Waals surface area contributed by atoms with Gasteiger partial charge in [0.25, 0.3) is 0 Å². The molecule has 0 saturated heterocycles. The molecule has 0 N–H and O–H groups in total. The Kier molecular flexibility index (Phi) is 12.8. The van der Waals surface area contributed by atoms with Gasteiger partial charge in [-0.2, -0.15) is 11.1 Å². The second-order valence-electron chi connectivity index (χ2n) is 9.77. The topological polar surface area (TPSA) is 0 Å². The van der Waals surface area contributed by atoms with Crippen LogP contribution in [-0.4, -0.2) is 8.07 Å². The van der Waals surface area contributed by atoms with Crippen LogP contribution in [0.5, 0.6) is 0 Å². The molecule has 0 saturated carbocycles. The van der Waals surface area contributed by atoms with E-state index < -0.39 is 8.07 Å². The first-order chi connectivity index (χ1) is 15.2. The van der Waals surface area contributed by atoms with Crippen molar-refractivity contribution >= 4 is 23.6 Å². The first kappa shape index (κ1) is 34.9. The van der Waals surface area contributed by atoms with Crippen molar-refractivity contribution in [3.8, 4) is 0 Å². The molecule has 0 aromatic heterocycles. The summed E-state index contributed by atoms with van der Waals surface area (Å²) >= 11 is 0. The summed E-state index contributed by atoms with van der Waals surface area (Å²) in [5.74, 6) is 0.